The predicted octanol–water partition coefficient (Wildman–Crippen LogP) is 3.50. The molecule has 1 aliphatic rings. The highest BCUT2D eigenvalue weighted by atomic mass is 32.2. The normalized spacial score (nSPS) is 20.8. The summed E-state index contributed by atoms with van der Waals surface area (Å²) >= 11 is 2.66. The van der Waals surface area contributed by atoms with E-state index in [1.807, 2.05) is 12.3 Å². The second-order valence-corrected chi connectivity index (χ2v) is 10.0. The van der Waals surface area contributed by atoms with E-state index in [2.05, 4.69) is 60.4 Å². The maximum atomic E-state index is 11.9. The molecule has 29 heavy (non-hydrogen) atoms. The van der Waals surface area contributed by atoms with E-state index < -0.39 is 0 Å². The highest BCUT2D eigenvalue weighted by Crippen LogP contribution is 2.35. The number of aliphatic hydroxyl groups excluding tert-OH is 1. The molecule has 4 N–H and O–H groups in total. The number of dihydropyridines is 1. The van der Waals surface area contributed by atoms with Crippen molar-refractivity contribution in [3.8, 4) is 0 Å². The Labute approximate surface area is 179 Å². The minimum Gasteiger partial charge on any atom is -0.394 e. The largest absolute Gasteiger partial charge is 0.394 e. The molecule has 0 aliphatic carbocycles. The van der Waals surface area contributed by atoms with Gasteiger partial charge >= 0.3 is 4.87 Å². The minimum absolute atomic E-state index is 0.00186. The van der Waals surface area contributed by atoms with Gasteiger partial charge in [0.15, 0.2) is 16.6 Å². The van der Waals surface area contributed by atoms with Crippen LogP contribution in [-0.4, -0.2) is 43.5 Å². The number of fused-ring (bicyclic) bond motifs is 1. The van der Waals surface area contributed by atoms with Crippen molar-refractivity contribution in [2.24, 2.45) is 5.92 Å². The molecule has 7 nitrogen and oxygen atoms in total. The molecule has 2 aromatic rings. The second kappa shape index (κ2) is 9.32. The zero-order chi connectivity index (χ0) is 21.0. The molecule has 1 aliphatic heterocycles. The molecule has 0 spiro atoms. The maximum absolute atomic E-state index is 11.9. The average Bonchev–Trinajstić information content (AvgIpc) is 3.07. The van der Waals surface area contributed by atoms with Gasteiger partial charge in [0.25, 0.3) is 0 Å². The molecular weight excluding hydrogens is 406 g/mol. The topological polar surface area (TPSA) is 103 Å². The third-order valence-corrected chi connectivity index (χ3v) is 7.17. The number of aromatic nitrogens is 3. The summed E-state index contributed by atoms with van der Waals surface area (Å²) < 4.78 is 0.693. The Morgan fingerprint density at radius 1 is 1.31 bits per heavy atom. The Balaban J connectivity index is 1.91. The first kappa shape index (κ1) is 21.9. The van der Waals surface area contributed by atoms with Crippen LogP contribution in [0.25, 0.3) is 10.3 Å². The lowest BCUT2D eigenvalue weighted by atomic mass is 9.90. The van der Waals surface area contributed by atoms with Gasteiger partial charge in [0, 0.05) is 5.25 Å². The van der Waals surface area contributed by atoms with Gasteiger partial charge in [-0.05, 0) is 31.0 Å². The van der Waals surface area contributed by atoms with Gasteiger partial charge in [-0.15, -0.1) is 0 Å². The number of hydrogen-bond donors (Lipinski definition) is 4. The summed E-state index contributed by atoms with van der Waals surface area (Å²) in [5.41, 5.74) is 0.351. The van der Waals surface area contributed by atoms with Crippen molar-refractivity contribution in [1.82, 2.24) is 20.3 Å². The van der Waals surface area contributed by atoms with E-state index in [1.54, 1.807) is 11.8 Å². The van der Waals surface area contributed by atoms with Crippen LogP contribution in [0.5, 0.6) is 0 Å². The molecule has 0 amide bonds. The van der Waals surface area contributed by atoms with E-state index in [4.69, 9.17) is 4.98 Å². The van der Waals surface area contributed by atoms with Crippen molar-refractivity contribution in [3.63, 3.8) is 0 Å². The first-order valence-electron chi connectivity index (χ1n) is 9.94. The molecule has 0 saturated carbocycles. The SMILES string of the molecule is CCC1(C(C)Sc2nc(N[C@@H](CO)CC(C)C)c3sc(=O)[nH]c3n2)C=CC=CN1. The number of thioether (sulfide) groups is 1. The number of anilines is 1. The fourth-order valence-electron chi connectivity index (χ4n) is 3.48. The molecule has 0 bridgehead atoms. The Morgan fingerprint density at radius 2 is 2.10 bits per heavy atom. The van der Waals surface area contributed by atoms with Crippen LogP contribution in [0.2, 0.25) is 0 Å². The van der Waals surface area contributed by atoms with E-state index in [0.29, 0.717) is 27.2 Å². The van der Waals surface area contributed by atoms with Gasteiger partial charge in [0.2, 0.25) is 0 Å². The number of nitrogens with zero attached hydrogens (tertiary/aromatic N) is 2. The van der Waals surface area contributed by atoms with Crippen LogP contribution in [-0.2, 0) is 0 Å². The van der Waals surface area contributed by atoms with Crippen LogP contribution >= 0.6 is 23.1 Å². The molecule has 2 aromatic heterocycles. The van der Waals surface area contributed by atoms with Crippen LogP contribution in [0.15, 0.2) is 34.4 Å². The van der Waals surface area contributed by atoms with Crippen molar-refractivity contribution >= 4 is 39.3 Å². The van der Waals surface area contributed by atoms with Crippen LogP contribution < -0.4 is 15.5 Å². The Bertz CT molecular complexity index is 952. The smallest absolute Gasteiger partial charge is 0.306 e. The van der Waals surface area contributed by atoms with Gasteiger partial charge in [-0.1, -0.05) is 62.9 Å². The van der Waals surface area contributed by atoms with E-state index in [-0.39, 0.29) is 28.3 Å². The minimum atomic E-state index is -0.182. The lowest BCUT2D eigenvalue weighted by molar-refractivity contribution is 0.259. The van der Waals surface area contributed by atoms with Gasteiger partial charge in [-0.25, -0.2) is 9.97 Å². The van der Waals surface area contributed by atoms with Crippen molar-refractivity contribution in [1.29, 1.82) is 0 Å². The standard InChI is InChI=1S/C20H29N5O2S2/c1-5-20(8-6-7-9-21-20)13(4)28-18-23-16(22-14(11-26)10-12(2)3)15-17(24-18)25-19(27)29-15/h6-9,12-14,21,26H,5,10-11H2,1-4H3,(H2,22,23,24,25,27)/t13?,14-,20?/m1/s1. The molecule has 9 heteroatoms. The number of thiazole rings is 1. The van der Waals surface area contributed by atoms with E-state index in [0.717, 1.165) is 24.2 Å². The van der Waals surface area contributed by atoms with Gasteiger partial charge in [-0.2, -0.15) is 0 Å². The summed E-state index contributed by atoms with van der Waals surface area (Å²) in [6, 6.07) is -0.129. The second-order valence-electron chi connectivity index (χ2n) is 7.72. The number of hydrogen-bond acceptors (Lipinski definition) is 8. The summed E-state index contributed by atoms with van der Waals surface area (Å²) in [5.74, 6) is 1.03. The zero-order valence-electron chi connectivity index (χ0n) is 17.2. The molecule has 0 saturated heterocycles. The molecule has 3 rings (SSSR count). The Hall–Kier alpha value is -1.84. The van der Waals surface area contributed by atoms with Crippen molar-refractivity contribution in [2.75, 3.05) is 11.9 Å². The van der Waals surface area contributed by atoms with Crippen LogP contribution in [0.3, 0.4) is 0 Å². The fourth-order valence-corrected chi connectivity index (χ4v) is 5.33. The highest BCUT2D eigenvalue weighted by Gasteiger charge is 2.33. The van der Waals surface area contributed by atoms with Crippen LogP contribution in [0.1, 0.15) is 40.5 Å². The van der Waals surface area contributed by atoms with Gasteiger partial charge in [0.1, 0.15) is 4.70 Å². The summed E-state index contributed by atoms with van der Waals surface area (Å²) in [5, 5.41) is 17.3. The third-order valence-electron chi connectivity index (χ3n) is 5.12. The molecule has 2 unspecified atom stereocenters. The molecule has 0 fully saturated rings. The number of aliphatic hydroxyl groups is 1. The first-order chi connectivity index (χ1) is 13.9. The number of aromatic amines is 1. The van der Waals surface area contributed by atoms with Crippen molar-refractivity contribution in [2.45, 2.75) is 62.5 Å². The van der Waals surface area contributed by atoms with Crippen LogP contribution in [0, 0.1) is 5.92 Å². The molecule has 3 heterocycles. The van der Waals surface area contributed by atoms with E-state index >= 15 is 0 Å². The van der Waals surface area contributed by atoms with Crippen molar-refractivity contribution in [3.05, 3.63) is 34.1 Å². The van der Waals surface area contributed by atoms with Crippen LogP contribution in [0.4, 0.5) is 5.82 Å². The predicted molar refractivity (Wildman–Crippen MR) is 122 cm³/mol. The molecule has 0 radical (unpaired) electrons. The summed E-state index contributed by atoms with van der Waals surface area (Å²) in [7, 11) is 0. The van der Waals surface area contributed by atoms with Gasteiger partial charge < -0.3 is 15.7 Å². The van der Waals surface area contributed by atoms with Gasteiger partial charge in [-0.3, -0.25) is 9.78 Å². The first-order valence-corrected chi connectivity index (χ1v) is 11.6. The Kier molecular flexibility index (Phi) is 7.02. The lowest BCUT2D eigenvalue weighted by Crippen LogP contribution is -2.48. The number of rotatable bonds is 9. The van der Waals surface area contributed by atoms with E-state index in [1.165, 1.54) is 0 Å². The maximum Gasteiger partial charge on any atom is 0.306 e. The third kappa shape index (κ3) is 5.02. The zero-order valence-corrected chi connectivity index (χ0v) is 18.9. The molecule has 158 valence electrons. The summed E-state index contributed by atoms with van der Waals surface area (Å²) in [6.07, 6.45) is 9.91. The van der Waals surface area contributed by atoms with Crippen molar-refractivity contribution < 1.29 is 5.11 Å². The summed E-state index contributed by atoms with van der Waals surface area (Å²) in [4.78, 5) is 23.9. The Morgan fingerprint density at radius 3 is 2.72 bits per heavy atom. The van der Waals surface area contributed by atoms with E-state index in [9.17, 15) is 9.90 Å². The molecule has 0 aromatic carbocycles. The fraction of sp³-hybridized carbons (Fsp3) is 0.550. The lowest BCUT2D eigenvalue weighted by Gasteiger charge is -2.37. The average molecular weight is 436 g/mol. The number of nitrogens with one attached hydrogen (secondary N) is 3. The monoisotopic (exact) mass is 435 g/mol. The highest BCUT2D eigenvalue weighted by molar-refractivity contribution is 7.99. The number of allylic oxidation sites excluding steroid dienone is 2. The molecule has 3 atom stereocenters. The quantitative estimate of drug-likeness (QED) is 0.353. The van der Waals surface area contributed by atoms with Gasteiger partial charge in [0.05, 0.1) is 18.2 Å². The number of H-pyrrole nitrogens is 1. The summed E-state index contributed by atoms with van der Waals surface area (Å²) in [6.45, 7) is 8.53. The molecular formula is C20H29N5O2S2.